The van der Waals surface area contributed by atoms with Crippen LogP contribution in [0.3, 0.4) is 0 Å². The molecule has 0 fully saturated rings. The number of benzene rings is 9. The molecule has 1 aliphatic rings. The molecular weight excluding hydrogens is 675 g/mol. The monoisotopic (exact) mass is 715 g/mol. The number of hydrogen-bond acceptors (Lipinski definition) is 1. The molecule has 0 atom stereocenters. The lowest BCUT2D eigenvalue weighted by Gasteiger charge is -2.31. The van der Waals surface area contributed by atoms with Crippen LogP contribution in [0, 0.1) is 0 Å². The summed E-state index contributed by atoms with van der Waals surface area (Å²) in [5.41, 5.74) is 18.2. The first kappa shape index (κ1) is 33.6. The minimum absolute atomic E-state index is 0.119. The van der Waals surface area contributed by atoms with Crippen LogP contribution < -0.4 is 4.90 Å². The van der Waals surface area contributed by atoms with Crippen molar-refractivity contribution in [2.24, 2.45) is 0 Å². The van der Waals surface area contributed by atoms with Crippen LogP contribution >= 0.6 is 0 Å². The van der Waals surface area contributed by atoms with Crippen molar-refractivity contribution in [2.75, 3.05) is 4.90 Å². The van der Waals surface area contributed by atoms with Gasteiger partial charge in [-0.2, -0.15) is 0 Å². The summed E-state index contributed by atoms with van der Waals surface area (Å²) in [6.07, 6.45) is 0. The lowest BCUT2D eigenvalue weighted by atomic mass is 9.82. The Bertz CT molecular complexity index is 2880. The van der Waals surface area contributed by atoms with Crippen LogP contribution in [0.4, 0.5) is 17.1 Å². The molecule has 266 valence electrons. The third-order valence-corrected chi connectivity index (χ3v) is 11.7. The van der Waals surface area contributed by atoms with Gasteiger partial charge in [0, 0.05) is 22.2 Å². The highest BCUT2D eigenvalue weighted by atomic mass is 15.1. The molecule has 56 heavy (non-hydrogen) atoms. The van der Waals surface area contributed by atoms with Gasteiger partial charge in [0.1, 0.15) is 0 Å². The van der Waals surface area contributed by atoms with Crippen LogP contribution in [0.1, 0.15) is 25.0 Å². The first-order chi connectivity index (χ1) is 27.5. The maximum Gasteiger partial charge on any atom is 0.0543 e. The topological polar surface area (TPSA) is 3.24 Å². The summed E-state index contributed by atoms with van der Waals surface area (Å²) in [4.78, 5) is 2.49. The Hall–Kier alpha value is -6.96. The van der Waals surface area contributed by atoms with Gasteiger partial charge in [0.15, 0.2) is 0 Å². The van der Waals surface area contributed by atoms with E-state index in [0.717, 1.165) is 11.4 Å². The molecule has 0 spiro atoms. The van der Waals surface area contributed by atoms with Gasteiger partial charge >= 0.3 is 0 Å². The molecule has 0 bridgehead atoms. The molecule has 0 saturated heterocycles. The Labute approximate surface area is 329 Å². The Morgan fingerprint density at radius 2 is 0.839 bits per heavy atom. The summed E-state index contributed by atoms with van der Waals surface area (Å²) >= 11 is 0. The molecule has 0 aliphatic heterocycles. The van der Waals surface area contributed by atoms with Crippen molar-refractivity contribution >= 4 is 27.8 Å². The fourth-order valence-corrected chi connectivity index (χ4v) is 8.79. The largest absolute Gasteiger partial charge is 0.309 e. The van der Waals surface area contributed by atoms with E-state index in [2.05, 4.69) is 231 Å². The van der Waals surface area contributed by atoms with Crippen LogP contribution in [0.15, 0.2) is 212 Å². The standard InChI is InChI=1S/C55H41N/c1-55(2)50-25-10-8-24-49(50)54-51(55)26-14-28-53(54)56(52-27-11-9-23-48(52)46-21-12-19-43(36-46)38-15-4-3-5-16-38)47-22-13-20-44(37-47)40-29-31-41(32-30-40)45-34-33-39-17-6-7-18-42(39)35-45/h3-37H,1-2H3. The lowest BCUT2D eigenvalue weighted by molar-refractivity contribution is 0.660. The number of para-hydroxylation sites is 1. The first-order valence-corrected chi connectivity index (χ1v) is 19.5. The molecule has 9 aromatic carbocycles. The minimum Gasteiger partial charge on any atom is -0.309 e. The Balaban J connectivity index is 1.13. The minimum atomic E-state index is -0.119. The van der Waals surface area contributed by atoms with Crippen LogP contribution in [-0.2, 0) is 5.41 Å². The maximum atomic E-state index is 2.49. The van der Waals surface area contributed by atoms with Crippen molar-refractivity contribution in [2.45, 2.75) is 19.3 Å². The summed E-state index contributed by atoms with van der Waals surface area (Å²) in [5, 5.41) is 2.52. The van der Waals surface area contributed by atoms with Gasteiger partial charge in [0.2, 0.25) is 0 Å². The summed E-state index contributed by atoms with van der Waals surface area (Å²) in [6.45, 7) is 4.72. The zero-order valence-electron chi connectivity index (χ0n) is 31.7. The SMILES string of the molecule is CC1(C)c2ccccc2-c2c(N(c3cccc(-c4ccc(-c5ccc6ccccc6c5)cc4)c3)c3ccccc3-c3cccc(-c4ccccc4)c3)cccc21. The molecule has 0 radical (unpaired) electrons. The molecule has 0 unspecified atom stereocenters. The molecular formula is C55H41N. The zero-order chi connectivity index (χ0) is 37.6. The van der Waals surface area contributed by atoms with Crippen molar-refractivity contribution in [3.63, 3.8) is 0 Å². The molecule has 1 aliphatic carbocycles. The van der Waals surface area contributed by atoms with Crippen molar-refractivity contribution in [1.82, 2.24) is 0 Å². The highest BCUT2D eigenvalue weighted by molar-refractivity contribution is 5.98. The number of nitrogens with zero attached hydrogens (tertiary/aromatic N) is 1. The van der Waals surface area contributed by atoms with Gasteiger partial charge in [-0.25, -0.2) is 0 Å². The van der Waals surface area contributed by atoms with E-state index < -0.39 is 0 Å². The van der Waals surface area contributed by atoms with E-state index in [-0.39, 0.29) is 5.41 Å². The van der Waals surface area contributed by atoms with Crippen LogP contribution in [0.25, 0.3) is 66.4 Å². The summed E-state index contributed by atoms with van der Waals surface area (Å²) in [7, 11) is 0. The van der Waals surface area contributed by atoms with E-state index in [4.69, 9.17) is 0 Å². The summed E-state index contributed by atoms with van der Waals surface area (Å²) in [6, 6.07) is 77.7. The van der Waals surface area contributed by atoms with Gasteiger partial charge in [-0.1, -0.05) is 190 Å². The predicted molar refractivity (Wildman–Crippen MR) is 238 cm³/mol. The van der Waals surface area contributed by atoms with Crippen molar-refractivity contribution in [1.29, 1.82) is 0 Å². The average molecular weight is 716 g/mol. The Morgan fingerprint density at radius 1 is 0.321 bits per heavy atom. The van der Waals surface area contributed by atoms with E-state index in [1.165, 1.54) is 83.2 Å². The van der Waals surface area contributed by atoms with E-state index in [1.54, 1.807) is 0 Å². The van der Waals surface area contributed by atoms with Crippen molar-refractivity contribution in [3.05, 3.63) is 223 Å². The molecule has 1 nitrogen and oxygen atoms in total. The molecule has 10 rings (SSSR count). The van der Waals surface area contributed by atoms with Gasteiger partial charge in [0.05, 0.1) is 11.4 Å². The normalized spacial score (nSPS) is 12.6. The zero-order valence-corrected chi connectivity index (χ0v) is 31.7. The quantitative estimate of drug-likeness (QED) is 0.159. The second-order valence-corrected chi connectivity index (χ2v) is 15.4. The first-order valence-electron chi connectivity index (χ1n) is 19.5. The van der Waals surface area contributed by atoms with Gasteiger partial charge in [-0.15, -0.1) is 0 Å². The lowest BCUT2D eigenvalue weighted by Crippen LogP contribution is -2.16. The molecule has 9 aromatic rings. The average Bonchev–Trinajstić information content (AvgIpc) is 3.50. The highest BCUT2D eigenvalue weighted by Crippen LogP contribution is 2.55. The fraction of sp³-hybridized carbons (Fsp3) is 0.0545. The van der Waals surface area contributed by atoms with Gasteiger partial charge in [0.25, 0.3) is 0 Å². The molecule has 0 N–H and O–H groups in total. The van der Waals surface area contributed by atoms with Crippen molar-refractivity contribution < 1.29 is 0 Å². The molecule has 0 saturated carbocycles. The maximum absolute atomic E-state index is 2.49. The fourth-order valence-electron chi connectivity index (χ4n) is 8.79. The van der Waals surface area contributed by atoms with Gasteiger partial charge in [-0.05, 0) is 103 Å². The van der Waals surface area contributed by atoms with E-state index in [0.29, 0.717) is 0 Å². The predicted octanol–water partition coefficient (Wildman–Crippen LogP) is 15.3. The molecule has 0 aromatic heterocycles. The highest BCUT2D eigenvalue weighted by Gasteiger charge is 2.38. The molecule has 0 heterocycles. The number of anilines is 3. The van der Waals surface area contributed by atoms with Crippen LogP contribution in [0.2, 0.25) is 0 Å². The summed E-state index contributed by atoms with van der Waals surface area (Å²) < 4.78 is 0. The second kappa shape index (κ2) is 13.7. The second-order valence-electron chi connectivity index (χ2n) is 15.4. The van der Waals surface area contributed by atoms with E-state index in [1.807, 2.05) is 0 Å². The van der Waals surface area contributed by atoms with E-state index in [9.17, 15) is 0 Å². The van der Waals surface area contributed by atoms with Crippen LogP contribution in [0.5, 0.6) is 0 Å². The van der Waals surface area contributed by atoms with E-state index >= 15 is 0 Å². The van der Waals surface area contributed by atoms with Crippen molar-refractivity contribution in [3.8, 4) is 55.6 Å². The Morgan fingerprint density at radius 3 is 1.64 bits per heavy atom. The Kier molecular flexibility index (Phi) is 8.23. The number of fused-ring (bicyclic) bond motifs is 4. The molecule has 1 heteroatoms. The summed E-state index contributed by atoms with van der Waals surface area (Å²) in [5.74, 6) is 0. The number of rotatable bonds is 7. The third kappa shape index (κ3) is 5.81. The smallest absolute Gasteiger partial charge is 0.0543 e. The van der Waals surface area contributed by atoms with Gasteiger partial charge in [-0.3, -0.25) is 0 Å². The molecule has 0 amide bonds. The van der Waals surface area contributed by atoms with Crippen LogP contribution in [-0.4, -0.2) is 0 Å². The third-order valence-electron chi connectivity index (χ3n) is 11.7. The van der Waals surface area contributed by atoms with Gasteiger partial charge < -0.3 is 4.90 Å². The number of hydrogen-bond donors (Lipinski definition) is 0.